The van der Waals surface area contributed by atoms with E-state index in [1.807, 2.05) is 13.8 Å². The lowest BCUT2D eigenvalue weighted by Crippen LogP contribution is -2.34. The first-order chi connectivity index (χ1) is 7.50. The largest absolute Gasteiger partial charge is 0.491 e. The predicted octanol–water partition coefficient (Wildman–Crippen LogP) is 3.92. The van der Waals surface area contributed by atoms with Gasteiger partial charge in [-0.3, -0.25) is 0 Å². The van der Waals surface area contributed by atoms with Crippen LogP contribution in [0.15, 0.2) is 18.2 Å². The van der Waals surface area contributed by atoms with Gasteiger partial charge in [-0.1, -0.05) is 37.0 Å². The van der Waals surface area contributed by atoms with Crippen LogP contribution in [-0.4, -0.2) is 17.3 Å². The van der Waals surface area contributed by atoms with Crippen LogP contribution in [0.3, 0.4) is 0 Å². The summed E-state index contributed by atoms with van der Waals surface area (Å²) in [6.07, 6.45) is 1.32. The van der Waals surface area contributed by atoms with E-state index in [-0.39, 0.29) is 6.61 Å². The molecule has 90 valence electrons. The van der Waals surface area contributed by atoms with Crippen molar-refractivity contribution in [2.45, 2.75) is 32.3 Å². The first kappa shape index (κ1) is 13.6. The van der Waals surface area contributed by atoms with E-state index in [4.69, 9.17) is 27.9 Å². The molecule has 0 fully saturated rings. The molecular weight excluding hydrogens is 247 g/mol. The third-order valence-corrected chi connectivity index (χ3v) is 3.45. The number of rotatable bonds is 5. The summed E-state index contributed by atoms with van der Waals surface area (Å²) in [5.74, 6) is 0.620. The van der Waals surface area contributed by atoms with Gasteiger partial charge in [0.15, 0.2) is 0 Å². The number of hydrogen-bond donors (Lipinski definition) is 1. The number of benzene rings is 1. The van der Waals surface area contributed by atoms with Gasteiger partial charge in [0.05, 0.1) is 15.6 Å². The van der Waals surface area contributed by atoms with Gasteiger partial charge in [-0.05, 0) is 25.0 Å². The molecular formula is C12H16Cl2O2. The predicted molar refractivity (Wildman–Crippen MR) is 67.5 cm³/mol. The lowest BCUT2D eigenvalue weighted by atomic mass is 9.99. The van der Waals surface area contributed by atoms with Crippen molar-refractivity contribution in [1.29, 1.82) is 0 Å². The van der Waals surface area contributed by atoms with E-state index in [1.165, 1.54) is 0 Å². The Hall–Kier alpha value is -0.440. The number of ether oxygens (including phenoxy) is 1. The maximum absolute atomic E-state index is 10.0. The van der Waals surface area contributed by atoms with Gasteiger partial charge in [-0.25, -0.2) is 0 Å². The van der Waals surface area contributed by atoms with Gasteiger partial charge >= 0.3 is 0 Å². The zero-order valence-electron chi connectivity index (χ0n) is 9.46. The molecule has 0 aliphatic heterocycles. The molecule has 1 aromatic carbocycles. The van der Waals surface area contributed by atoms with Gasteiger partial charge < -0.3 is 9.84 Å². The van der Waals surface area contributed by atoms with Crippen molar-refractivity contribution in [2.24, 2.45) is 0 Å². The lowest BCUT2D eigenvalue weighted by Gasteiger charge is -2.25. The van der Waals surface area contributed by atoms with Crippen LogP contribution in [0.25, 0.3) is 0 Å². The van der Waals surface area contributed by atoms with Crippen molar-refractivity contribution in [2.75, 3.05) is 6.61 Å². The fourth-order valence-electron chi connectivity index (χ4n) is 1.24. The molecule has 1 aromatic rings. The van der Waals surface area contributed by atoms with E-state index in [0.717, 1.165) is 0 Å². The van der Waals surface area contributed by atoms with Crippen molar-refractivity contribution in [3.8, 4) is 5.75 Å². The molecule has 0 saturated carbocycles. The molecule has 16 heavy (non-hydrogen) atoms. The Morgan fingerprint density at radius 3 is 2.31 bits per heavy atom. The van der Waals surface area contributed by atoms with Crippen LogP contribution >= 0.6 is 23.2 Å². The van der Waals surface area contributed by atoms with E-state index in [9.17, 15) is 5.11 Å². The standard InChI is InChI=1S/C12H16Cl2O2/c1-3-12(15,4-2)8-16-9-5-6-10(13)11(14)7-9/h5-7,15H,3-4,8H2,1-2H3. The van der Waals surface area contributed by atoms with E-state index in [1.54, 1.807) is 18.2 Å². The summed E-state index contributed by atoms with van der Waals surface area (Å²) >= 11 is 11.6. The van der Waals surface area contributed by atoms with Crippen LogP contribution in [0.1, 0.15) is 26.7 Å². The quantitative estimate of drug-likeness (QED) is 0.872. The van der Waals surface area contributed by atoms with Crippen molar-refractivity contribution >= 4 is 23.2 Å². The Bertz CT molecular complexity index is 349. The maximum Gasteiger partial charge on any atom is 0.121 e. The van der Waals surface area contributed by atoms with E-state index < -0.39 is 5.60 Å². The van der Waals surface area contributed by atoms with E-state index in [2.05, 4.69) is 0 Å². The molecule has 0 aliphatic carbocycles. The highest BCUT2D eigenvalue weighted by Gasteiger charge is 2.23. The molecule has 0 aliphatic rings. The number of aliphatic hydroxyl groups is 1. The Balaban J connectivity index is 2.64. The fourth-order valence-corrected chi connectivity index (χ4v) is 1.53. The van der Waals surface area contributed by atoms with Gasteiger partial charge in [0.1, 0.15) is 12.4 Å². The first-order valence-corrected chi connectivity index (χ1v) is 6.06. The van der Waals surface area contributed by atoms with Crippen LogP contribution in [0.5, 0.6) is 5.75 Å². The molecule has 0 heterocycles. The highest BCUT2D eigenvalue weighted by atomic mass is 35.5. The molecule has 0 atom stereocenters. The molecule has 0 amide bonds. The summed E-state index contributed by atoms with van der Waals surface area (Å²) in [6, 6.07) is 5.06. The number of hydrogen-bond acceptors (Lipinski definition) is 2. The lowest BCUT2D eigenvalue weighted by molar-refractivity contribution is -0.0113. The maximum atomic E-state index is 10.0. The zero-order valence-corrected chi connectivity index (χ0v) is 11.0. The molecule has 0 aromatic heterocycles. The van der Waals surface area contributed by atoms with Gasteiger partial charge in [0, 0.05) is 6.07 Å². The summed E-state index contributed by atoms with van der Waals surface area (Å²) < 4.78 is 5.50. The zero-order chi connectivity index (χ0) is 12.2. The average molecular weight is 263 g/mol. The molecule has 2 nitrogen and oxygen atoms in total. The van der Waals surface area contributed by atoms with Crippen molar-refractivity contribution in [3.05, 3.63) is 28.2 Å². The first-order valence-electron chi connectivity index (χ1n) is 5.31. The Kier molecular flexibility index (Phi) is 4.90. The van der Waals surface area contributed by atoms with Crippen LogP contribution in [0.4, 0.5) is 0 Å². The highest BCUT2D eigenvalue weighted by Crippen LogP contribution is 2.27. The van der Waals surface area contributed by atoms with Gasteiger partial charge in [-0.2, -0.15) is 0 Å². The summed E-state index contributed by atoms with van der Waals surface area (Å²) in [6.45, 7) is 4.13. The Labute approximate surface area is 106 Å². The molecule has 0 unspecified atom stereocenters. The minimum Gasteiger partial charge on any atom is -0.491 e. The Morgan fingerprint density at radius 2 is 1.81 bits per heavy atom. The molecule has 1 N–H and O–H groups in total. The second-order valence-corrected chi connectivity index (χ2v) is 4.61. The van der Waals surface area contributed by atoms with Gasteiger partial charge in [-0.15, -0.1) is 0 Å². The van der Waals surface area contributed by atoms with Gasteiger partial charge in [0.25, 0.3) is 0 Å². The van der Waals surface area contributed by atoms with Gasteiger partial charge in [0.2, 0.25) is 0 Å². The third kappa shape index (κ3) is 3.55. The summed E-state index contributed by atoms with van der Waals surface area (Å²) in [4.78, 5) is 0. The second kappa shape index (κ2) is 5.76. The SMILES string of the molecule is CCC(O)(CC)COc1ccc(Cl)c(Cl)c1. The smallest absolute Gasteiger partial charge is 0.121 e. The van der Waals surface area contributed by atoms with Crippen LogP contribution in [0.2, 0.25) is 10.0 Å². The van der Waals surface area contributed by atoms with Crippen molar-refractivity contribution in [3.63, 3.8) is 0 Å². The Morgan fingerprint density at radius 1 is 1.19 bits per heavy atom. The summed E-state index contributed by atoms with van der Waals surface area (Å²) in [5, 5.41) is 11.0. The van der Waals surface area contributed by atoms with Crippen molar-refractivity contribution in [1.82, 2.24) is 0 Å². The second-order valence-electron chi connectivity index (χ2n) is 3.80. The third-order valence-electron chi connectivity index (χ3n) is 2.71. The molecule has 4 heteroatoms. The van der Waals surface area contributed by atoms with Crippen LogP contribution in [0, 0.1) is 0 Å². The average Bonchev–Trinajstić information content (AvgIpc) is 2.30. The van der Waals surface area contributed by atoms with Crippen LogP contribution in [-0.2, 0) is 0 Å². The number of halogens is 2. The fraction of sp³-hybridized carbons (Fsp3) is 0.500. The minimum absolute atomic E-state index is 0.262. The van der Waals surface area contributed by atoms with E-state index >= 15 is 0 Å². The molecule has 0 bridgehead atoms. The topological polar surface area (TPSA) is 29.5 Å². The molecule has 1 rings (SSSR count). The van der Waals surface area contributed by atoms with Crippen LogP contribution < -0.4 is 4.74 Å². The summed E-state index contributed by atoms with van der Waals surface area (Å²) in [7, 11) is 0. The molecule has 0 radical (unpaired) electrons. The monoisotopic (exact) mass is 262 g/mol. The normalized spacial score (nSPS) is 11.6. The van der Waals surface area contributed by atoms with Crippen molar-refractivity contribution < 1.29 is 9.84 Å². The highest BCUT2D eigenvalue weighted by molar-refractivity contribution is 6.42. The molecule has 0 saturated heterocycles. The summed E-state index contributed by atoms with van der Waals surface area (Å²) in [5.41, 5.74) is -0.772. The molecule has 0 spiro atoms. The minimum atomic E-state index is -0.772. The van der Waals surface area contributed by atoms with E-state index in [0.29, 0.717) is 28.6 Å².